The molecule has 2 aromatic carbocycles. The first-order valence-electron chi connectivity index (χ1n) is 10.4. The molecular formula is C24H30IN5O3. The summed E-state index contributed by atoms with van der Waals surface area (Å²) in [4.78, 5) is 18.8. The summed E-state index contributed by atoms with van der Waals surface area (Å²) in [5, 5.41) is 9.28. The number of methoxy groups -OCH3 is 2. The first-order chi connectivity index (χ1) is 15.5. The van der Waals surface area contributed by atoms with Crippen LogP contribution in [0.3, 0.4) is 0 Å². The van der Waals surface area contributed by atoms with Gasteiger partial charge in [-0.1, -0.05) is 12.0 Å². The smallest absolute Gasteiger partial charge is 0.243 e. The summed E-state index contributed by atoms with van der Waals surface area (Å²) in [5.41, 5.74) is 2.42. The number of halogens is 1. The van der Waals surface area contributed by atoms with Crippen LogP contribution in [-0.4, -0.2) is 58.8 Å². The highest BCUT2D eigenvalue weighted by Gasteiger charge is 2.24. The van der Waals surface area contributed by atoms with Crippen molar-refractivity contribution in [3.05, 3.63) is 48.0 Å². The van der Waals surface area contributed by atoms with Crippen molar-refractivity contribution >= 4 is 47.2 Å². The summed E-state index contributed by atoms with van der Waals surface area (Å²) in [6.45, 7) is 1.77. The zero-order valence-corrected chi connectivity index (χ0v) is 21.4. The average molecular weight is 563 g/mol. The number of rotatable bonds is 7. The van der Waals surface area contributed by atoms with Gasteiger partial charge in [-0.2, -0.15) is 0 Å². The fourth-order valence-electron chi connectivity index (χ4n) is 3.53. The van der Waals surface area contributed by atoms with E-state index in [4.69, 9.17) is 15.9 Å². The lowest BCUT2D eigenvalue weighted by Gasteiger charge is -2.21. The Balaban J connectivity index is 0.00000385. The van der Waals surface area contributed by atoms with Gasteiger partial charge in [0.2, 0.25) is 5.91 Å². The molecule has 0 bridgehead atoms. The normalized spacial score (nSPS) is 15.2. The van der Waals surface area contributed by atoms with Gasteiger partial charge in [0.25, 0.3) is 0 Å². The molecule has 0 aliphatic carbocycles. The Hall–Kier alpha value is -3.13. The van der Waals surface area contributed by atoms with Gasteiger partial charge in [0.1, 0.15) is 11.5 Å². The van der Waals surface area contributed by atoms with Crippen LogP contribution in [0.2, 0.25) is 0 Å². The molecule has 1 atom stereocenters. The van der Waals surface area contributed by atoms with Crippen molar-refractivity contribution in [3.63, 3.8) is 0 Å². The van der Waals surface area contributed by atoms with Gasteiger partial charge < -0.3 is 30.3 Å². The molecule has 0 spiro atoms. The lowest BCUT2D eigenvalue weighted by Crippen LogP contribution is -2.46. The minimum Gasteiger partial charge on any atom is -0.497 e. The molecule has 176 valence electrons. The molecule has 0 aromatic heterocycles. The summed E-state index contributed by atoms with van der Waals surface area (Å²) >= 11 is 0. The molecule has 1 fully saturated rings. The number of terminal acetylenes is 1. The molecule has 0 radical (unpaired) electrons. The zero-order valence-electron chi connectivity index (χ0n) is 19.1. The molecule has 1 unspecified atom stereocenters. The predicted molar refractivity (Wildman–Crippen MR) is 143 cm³/mol. The van der Waals surface area contributed by atoms with Crippen molar-refractivity contribution < 1.29 is 14.3 Å². The van der Waals surface area contributed by atoms with Gasteiger partial charge in [-0.05, 0) is 24.6 Å². The van der Waals surface area contributed by atoms with Crippen LogP contribution in [0.4, 0.5) is 11.4 Å². The largest absolute Gasteiger partial charge is 0.497 e. The minimum absolute atomic E-state index is 0. The zero-order chi connectivity index (χ0) is 22.9. The van der Waals surface area contributed by atoms with Crippen LogP contribution in [-0.2, 0) is 4.79 Å². The van der Waals surface area contributed by atoms with E-state index in [9.17, 15) is 4.79 Å². The number of hydrogen-bond donors (Lipinski definition) is 3. The summed E-state index contributed by atoms with van der Waals surface area (Å²) in [6.07, 6.45) is 6.34. The fourth-order valence-corrected chi connectivity index (χ4v) is 3.53. The summed E-state index contributed by atoms with van der Waals surface area (Å²) in [5.74, 6) is 4.46. The molecule has 3 rings (SSSR count). The van der Waals surface area contributed by atoms with E-state index in [1.165, 1.54) is 0 Å². The van der Waals surface area contributed by atoms with Gasteiger partial charge in [0.05, 0.1) is 20.8 Å². The lowest BCUT2D eigenvalue weighted by molar-refractivity contribution is -0.115. The molecule has 1 amide bonds. The number of nitrogens with zero attached hydrogens (tertiary/aromatic N) is 2. The van der Waals surface area contributed by atoms with Crippen molar-refractivity contribution in [3.8, 4) is 23.8 Å². The van der Waals surface area contributed by atoms with Crippen LogP contribution in [0.5, 0.6) is 11.5 Å². The molecule has 3 N–H and O–H groups in total. The first-order valence-corrected chi connectivity index (χ1v) is 10.4. The number of ether oxygens (including phenoxy) is 2. The summed E-state index contributed by atoms with van der Waals surface area (Å²) < 4.78 is 10.8. The molecule has 1 saturated heterocycles. The van der Waals surface area contributed by atoms with E-state index < -0.39 is 0 Å². The number of carbonyl (C=O) groups excluding carboxylic acids is 1. The highest BCUT2D eigenvalue weighted by molar-refractivity contribution is 14.0. The minimum atomic E-state index is -0.182. The molecule has 0 saturated carbocycles. The average Bonchev–Trinajstić information content (AvgIpc) is 3.30. The standard InChI is InChI=1S/C24H29N5O3.HI/c1-5-17-7-6-8-18(11-17)27-23(30)15-26-24(25-2)28-19-9-10-29(16-19)20-12-21(31-3)14-22(13-20)32-4;/h1,6-8,11-14,19H,9-10,15-16H2,2-4H3,(H,27,30)(H2,25,26,28);1H. The number of aliphatic imine (C=N–C) groups is 1. The van der Waals surface area contributed by atoms with Crippen LogP contribution in [0.1, 0.15) is 12.0 Å². The van der Waals surface area contributed by atoms with Crippen LogP contribution in [0, 0.1) is 12.3 Å². The van der Waals surface area contributed by atoms with Crippen molar-refractivity contribution in [2.24, 2.45) is 4.99 Å². The second-order valence-electron chi connectivity index (χ2n) is 7.35. The van der Waals surface area contributed by atoms with Crippen LogP contribution < -0.4 is 30.3 Å². The van der Waals surface area contributed by atoms with E-state index in [0.717, 1.165) is 36.7 Å². The highest BCUT2D eigenvalue weighted by atomic mass is 127. The Kier molecular flexibility index (Phi) is 10.1. The number of hydrogen-bond acceptors (Lipinski definition) is 5. The Morgan fingerprint density at radius 3 is 2.58 bits per heavy atom. The Bertz CT molecular complexity index is 999. The van der Waals surface area contributed by atoms with Crippen LogP contribution in [0.15, 0.2) is 47.5 Å². The predicted octanol–water partition coefficient (Wildman–Crippen LogP) is 2.69. The number of nitrogens with one attached hydrogen (secondary N) is 3. The van der Waals surface area contributed by atoms with E-state index in [2.05, 4.69) is 31.8 Å². The summed E-state index contributed by atoms with van der Waals surface area (Å²) in [6, 6.07) is 13.2. The Morgan fingerprint density at radius 2 is 1.94 bits per heavy atom. The van der Waals surface area contributed by atoms with E-state index in [-0.39, 0.29) is 42.5 Å². The monoisotopic (exact) mass is 563 g/mol. The third-order valence-electron chi connectivity index (χ3n) is 5.18. The third kappa shape index (κ3) is 7.46. The van der Waals surface area contributed by atoms with E-state index in [1.54, 1.807) is 33.4 Å². The molecule has 1 heterocycles. The van der Waals surface area contributed by atoms with Crippen molar-refractivity contribution in [1.29, 1.82) is 0 Å². The lowest BCUT2D eigenvalue weighted by atomic mass is 10.2. The maximum atomic E-state index is 12.3. The second kappa shape index (κ2) is 12.8. The molecular weight excluding hydrogens is 533 g/mol. The maximum absolute atomic E-state index is 12.3. The molecule has 1 aliphatic rings. The van der Waals surface area contributed by atoms with Gasteiger partial charge in [-0.15, -0.1) is 30.4 Å². The molecule has 8 nitrogen and oxygen atoms in total. The Morgan fingerprint density at radius 1 is 1.21 bits per heavy atom. The third-order valence-corrected chi connectivity index (χ3v) is 5.18. The van der Waals surface area contributed by atoms with Gasteiger partial charge in [-0.3, -0.25) is 9.79 Å². The number of amides is 1. The molecule has 2 aromatic rings. The summed E-state index contributed by atoms with van der Waals surface area (Å²) in [7, 11) is 4.97. The van der Waals surface area contributed by atoms with E-state index in [1.807, 2.05) is 30.3 Å². The number of carbonyl (C=O) groups is 1. The van der Waals surface area contributed by atoms with Crippen molar-refractivity contribution in [1.82, 2.24) is 10.6 Å². The number of guanidine groups is 1. The van der Waals surface area contributed by atoms with E-state index >= 15 is 0 Å². The van der Waals surface area contributed by atoms with Gasteiger partial charge in [0, 0.05) is 61.3 Å². The second-order valence-corrected chi connectivity index (χ2v) is 7.35. The highest BCUT2D eigenvalue weighted by Crippen LogP contribution is 2.30. The topological polar surface area (TPSA) is 87.2 Å². The molecule has 33 heavy (non-hydrogen) atoms. The van der Waals surface area contributed by atoms with Gasteiger partial charge in [0.15, 0.2) is 5.96 Å². The first kappa shape index (κ1) is 26.1. The van der Waals surface area contributed by atoms with Gasteiger partial charge >= 0.3 is 0 Å². The van der Waals surface area contributed by atoms with Crippen LogP contribution >= 0.6 is 24.0 Å². The van der Waals surface area contributed by atoms with Gasteiger partial charge in [-0.25, -0.2) is 0 Å². The number of benzene rings is 2. The molecule has 1 aliphatic heterocycles. The van der Waals surface area contributed by atoms with Crippen molar-refractivity contribution in [2.45, 2.75) is 12.5 Å². The van der Waals surface area contributed by atoms with Crippen molar-refractivity contribution in [2.75, 3.05) is 51.1 Å². The Labute approximate surface area is 212 Å². The quantitative estimate of drug-likeness (QED) is 0.208. The fraction of sp³-hybridized carbons (Fsp3) is 0.333. The van der Waals surface area contributed by atoms with E-state index in [0.29, 0.717) is 17.2 Å². The molecule has 9 heteroatoms. The van der Waals surface area contributed by atoms with Crippen LogP contribution in [0.25, 0.3) is 0 Å². The SMILES string of the molecule is C#Cc1cccc(NC(=O)CNC(=NC)NC2CCN(c3cc(OC)cc(OC)c3)C2)c1.I. The maximum Gasteiger partial charge on any atom is 0.243 e. The number of anilines is 2.